The van der Waals surface area contributed by atoms with E-state index in [1.807, 2.05) is 36.5 Å². The number of pyridine rings is 1. The third kappa shape index (κ3) is 6.57. The van der Waals surface area contributed by atoms with E-state index in [2.05, 4.69) is 11.2 Å². The molecule has 0 aliphatic rings. The van der Waals surface area contributed by atoms with Gasteiger partial charge in [0, 0.05) is 65.7 Å². The van der Waals surface area contributed by atoms with E-state index >= 15 is 0 Å². The molecule has 0 saturated carbocycles. The molecule has 0 fully saturated rings. The van der Waals surface area contributed by atoms with Crippen LogP contribution in [0.3, 0.4) is 0 Å². The van der Waals surface area contributed by atoms with Gasteiger partial charge in [0.1, 0.15) is 0 Å². The average Bonchev–Trinajstić information content (AvgIpc) is 3.18. The van der Waals surface area contributed by atoms with Crippen molar-refractivity contribution in [2.75, 3.05) is 0 Å². The van der Waals surface area contributed by atoms with E-state index in [1.165, 1.54) is 4.57 Å². The van der Waals surface area contributed by atoms with Crippen molar-refractivity contribution in [2.45, 2.75) is 0 Å². The van der Waals surface area contributed by atoms with Crippen LogP contribution in [-0.2, 0) is 7.05 Å². The zero-order valence-electron chi connectivity index (χ0n) is 15.6. The maximum Gasteiger partial charge on any atom is 0.157 e. The van der Waals surface area contributed by atoms with E-state index in [1.54, 1.807) is 48.4 Å². The number of nitrogens with zero attached hydrogens (tertiary/aromatic N) is 3. The SMILES string of the molecule is Cn1ccc[c-]c1=O.O.O.[NH-]C(=O)c1ccc2c(-n3cccn3)cccc2c1.[Nd]. The summed E-state index contributed by atoms with van der Waals surface area (Å²) in [6.45, 7) is 0. The van der Waals surface area contributed by atoms with E-state index in [0.29, 0.717) is 5.56 Å². The Labute approximate surface area is 200 Å². The molecule has 2 heterocycles. The van der Waals surface area contributed by atoms with Crippen molar-refractivity contribution in [1.29, 1.82) is 0 Å². The molecule has 0 radical (unpaired) electrons. The summed E-state index contributed by atoms with van der Waals surface area (Å²) in [6, 6.07) is 18.8. The summed E-state index contributed by atoms with van der Waals surface area (Å²) in [4.78, 5) is 21.6. The van der Waals surface area contributed by atoms with Gasteiger partial charge in [-0.15, -0.1) is 0 Å². The number of amides is 1. The minimum absolute atomic E-state index is 0. The molecule has 1 amide bonds. The average molecular weight is 525 g/mol. The summed E-state index contributed by atoms with van der Waals surface area (Å²) in [5.74, 6) is -0.665. The van der Waals surface area contributed by atoms with Crippen LogP contribution in [0, 0.1) is 46.9 Å². The van der Waals surface area contributed by atoms with Crippen molar-refractivity contribution >= 4 is 16.7 Å². The molecule has 150 valence electrons. The summed E-state index contributed by atoms with van der Waals surface area (Å²) in [5, 5.41) is 6.14. The third-order valence-electron chi connectivity index (χ3n) is 3.80. The summed E-state index contributed by atoms with van der Waals surface area (Å²) >= 11 is 0. The zero-order valence-corrected chi connectivity index (χ0v) is 18.8. The number of rotatable bonds is 2. The van der Waals surface area contributed by atoms with Gasteiger partial charge in [0.05, 0.1) is 11.6 Å². The maximum atomic E-state index is 11.1. The van der Waals surface area contributed by atoms with Crippen LogP contribution in [0.1, 0.15) is 10.4 Å². The van der Waals surface area contributed by atoms with Crippen LogP contribution in [0.4, 0.5) is 0 Å². The smallest absolute Gasteiger partial charge is 0.157 e. The second-order valence-electron chi connectivity index (χ2n) is 5.56. The topological polar surface area (TPSA) is 144 Å². The van der Waals surface area contributed by atoms with Crippen LogP contribution in [0.25, 0.3) is 22.2 Å². The number of carbonyl (C=O) groups excluding carboxylic acids is 1. The fraction of sp³-hybridized carbons (Fsp3) is 0.0500. The quantitative estimate of drug-likeness (QED) is 0.368. The number of nitrogens with one attached hydrogen (secondary N) is 1. The Morgan fingerprint density at radius 1 is 1.07 bits per heavy atom. The molecular formula is C20H20N4NdO4-2. The van der Waals surface area contributed by atoms with Crippen molar-refractivity contribution in [1.82, 2.24) is 14.3 Å². The van der Waals surface area contributed by atoms with Gasteiger partial charge in [-0.1, -0.05) is 30.5 Å². The summed E-state index contributed by atoms with van der Waals surface area (Å²) in [7, 11) is 1.69. The Morgan fingerprint density at radius 3 is 2.38 bits per heavy atom. The number of aryl methyl sites for hydroxylation is 1. The number of hydrogen-bond donors (Lipinski definition) is 0. The molecule has 2 aromatic heterocycles. The van der Waals surface area contributed by atoms with E-state index in [9.17, 15) is 9.59 Å². The summed E-state index contributed by atoms with van der Waals surface area (Å²) in [5.41, 5.74) is 8.40. The third-order valence-corrected chi connectivity index (χ3v) is 3.80. The summed E-state index contributed by atoms with van der Waals surface area (Å²) < 4.78 is 3.25. The second-order valence-corrected chi connectivity index (χ2v) is 5.56. The number of carbonyl (C=O) groups is 1. The van der Waals surface area contributed by atoms with E-state index < -0.39 is 5.91 Å². The van der Waals surface area contributed by atoms with E-state index in [4.69, 9.17) is 5.73 Å². The predicted octanol–water partition coefficient (Wildman–Crippen LogP) is 1.75. The first-order chi connectivity index (χ1) is 12.6. The minimum atomic E-state index is -0.665. The normalized spacial score (nSPS) is 9.14. The molecular weight excluding hydrogens is 504 g/mol. The van der Waals surface area contributed by atoms with Crippen LogP contribution in [0.15, 0.2) is 78.0 Å². The Balaban J connectivity index is 0.000000616. The molecule has 29 heavy (non-hydrogen) atoms. The van der Waals surface area contributed by atoms with Gasteiger partial charge >= 0.3 is 0 Å². The van der Waals surface area contributed by atoms with Crippen LogP contribution in [0.5, 0.6) is 0 Å². The fourth-order valence-corrected chi connectivity index (χ4v) is 2.48. The number of benzene rings is 2. The fourth-order valence-electron chi connectivity index (χ4n) is 2.48. The van der Waals surface area contributed by atoms with Gasteiger partial charge in [0.25, 0.3) is 0 Å². The number of fused-ring (bicyclic) bond motifs is 1. The minimum Gasteiger partial charge on any atom is -0.664 e. The van der Waals surface area contributed by atoms with Crippen LogP contribution >= 0.6 is 0 Å². The molecule has 2 aromatic carbocycles. The van der Waals surface area contributed by atoms with Gasteiger partial charge in [-0.25, -0.2) is 10.7 Å². The molecule has 8 nitrogen and oxygen atoms in total. The van der Waals surface area contributed by atoms with Crippen LogP contribution in [-0.4, -0.2) is 31.2 Å². The van der Waals surface area contributed by atoms with Crippen molar-refractivity contribution in [2.24, 2.45) is 7.05 Å². The molecule has 0 bridgehead atoms. The first-order valence-corrected chi connectivity index (χ1v) is 7.88. The standard InChI is InChI=1S/C14H11N3O.C6H6NO.Nd.2H2O/c15-14(18)11-5-6-12-10(9-11)3-1-4-13(12)17-8-2-7-16-17;1-7-5-3-2-4-6(7)8;;;/h1-9H,(H2,15,18);2-3,5H,1H3;;2*1H2/q;-1;;;/p-1. The Hall–Kier alpha value is -2.40. The molecule has 0 aliphatic heterocycles. The largest absolute Gasteiger partial charge is 0.664 e. The summed E-state index contributed by atoms with van der Waals surface area (Å²) in [6.07, 6.45) is 5.29. The molecule has 0 saturated heterocycles. The van der Waals surface area contributed by atoms with Gasteiger partial charge in [-0.05, 0) is 29.1 Å². The van der Waals surface area contributed by atoms with Gasteiger partial charge < -0.3 is 26.0 Å². The molecule has 0 atom stereocenters. The van der Waals surface area contributed by atoms with E-state index in [0.717, 1.165) is 16.5 Å². The van der Waals surface area contributed by atoms with Crippen LogP contribution < -0.4 is 5.56 Å². The molecule has 0 spiro atoms. The van der Waals surface area contributed by atoms with Crippen molar-refractivity contribution in [3.05, 3.63) is 101 Å². The van der Waals surface area contributed by atoms with Gasteiger partial charge in [-0.2, -0.15) is 17.2 Å². The predicted molar refractivity (Wildman–Crippen MR) is 107 cm³/mol. The molecule has 5 N–H and O–H groups in total. The Bertz CT molecular complexity index is 1110. The first kappa shape index (κ1) is 26.6. The molecule has 9 heteroatoms. The van der Waals surface area contributed by atoms with E-state index in [-0.39, 0.29) is 57.4 Å². The maximum absolute atomic E-state index is 11.1. The Morgan fingerprint density at radius 2 is 1.83 bits per heavy atom. The van der Waals surface area contributed by atoms with Gasteiger partial charge in [-0.3, -0.25) is 4.79 Å². The first-order valence-electron chi connectivity index (χ1n) is 7.88. The van der Waals surface area contributed by atoms with Gasteiger partial charge in [0.15, 0.2) is 5.56 Å². The number of hydrogen-bond acceptors (Lipinski definition) is 3. The van der Waals surface area contributed by atoms with Crippen molar-refractivity contribution < 1.29 is 56.6 Å². The number of aromatic nitrogens is 3. The zero-order chi connectivity index (χ0) is 18.5. The molecule has 0 unspecified atom stereocenters. The molecule has 4 rings (SSSR count). The Kier molecular flexibility index (Phi) is 11.2. The molecule has 4 aromatic rings. The second kappa shape index (κ2) is 12.2. The van der Waals surface area contributed by atoms with Gasteiger partial charge in [0.2, 0.25) is 0 Å². The van der Waals surface area contributed by atoms with Crippen molar-refractivity contribution in [3.63, 3.8) is 0 Å². The molecule has 0 aliphatic carbocycles. The van der Waals surface area contributed by atoms with Crippen LogP contribution in [0.2, 0.25) is 0 Å². The monoisotopic (exact) mass is 522 g/mol. The van der Waals surface area contributed by atoms with Crippen molar-refractivity contribution in [3.8, 4) is 5.69 Å².